The molecule has 2 rings (SSSR count). The molecule has 0 unspecified atom stereocenters. The van der Waals surface area contributed by atoms with Crippen LogP contribution in [-0.4, -0.2) is 44.1 Å². The number of ether oxygens (including phenoxy) is 1. The molecule has 20 heavy (non-hydrogen) atoms. The molecule has 0 fully saturated rings. The molecule has 0 saturated heterocycles. The third-order valence-corrected chi connectivity index (χ3v) is 2.89. The molecule has 7 heteroatoms. The number of aryl methyl sites for hydroxylation is 3. The summed E-state index contributed by atoms with van der Waals surface area (Å²) in [5, 5.41) is 7.59. The molecule has 0 saturated carbocycles. The maximum Gasteiger partial charge on any atom is 0.202 e. The zero-order chi connectivity index (χ0) is 14.2. The van der Waals surface area contributed by atoms with Crippen LogP contribution in [0.25, 0.3) is 0 Å². The van der Waals surface area contributed by atoms with E-state index in [1.54, 1.807) is 17.2 Å². The fourth-order valence-electron chi connectivity index (χ4n) is 1.89. The van der Waals surface area contributed by atoms with Crippen LogP contribution in [0.5, 0.6) is 0 Å². The van der Waals surface area contributed by atoms with Crippen molar-refractivity contribution in [2.24, 2.45) is 7.05 Å². The van der Waals surface area contributed by atoms with Gasteiger partial charge in [0.25, 0.3) is 0 Å². The van der Waals surface area contributed by atoms with Crippen molar-refractivity contribution in [3.63, 3.8) is 0 Å². The fraction of sp³-hybridized carbons (Fsp3) is 0.615. The summed E-state index contributed by atoms with van der Waals surface area (Å²) in [7, 11) is 1.87. The zero-order valence-corrected chi connectivity index (χ0v) is 12.1. The number of rotatable bonds is 9. The van der Waals surface area contributed by atoms with E-state index in [0.717, 1.165) is 50.9 Å². The summed E-state index contributed by atoms with van der Waals surface area (Å²) in [4.78, 5) is 8.54. The average molecular weight is 278 g/mol. The minimum atomic E-state index is 0.770. The molecule has 2 heterocycles. The van der Waals surface area contributed by atoms with Crippen LogP contribution in [0.4, 0.5) is 5.95 Å². The summed E-state index contributed by atoms with van der Waals surface area (Å²) in [5.74, 6) is 1.74. The van der Waals surface area contributed by atoms with Crippen molar-refractivity contribution < 1.29 is 4.74 Å². The molecule has 0 aromatic carbocycles. The molecular formula is C13H22N6O. The molecule has 0 aliphatic carbocycles. The Morgan fingerprint density at radius 3 is 3.00 bits per heavy atom. The predicted molar refractivity (Wildman–Crippen MR) is 76.5 cm³/mol. The van der Waals surface area contributed by atoms with E-state index in [-0.39, 0.29) is 0 Å². The number of anilines is 1. The van der Waals surface area contributed by atoms with Gasteiger partial charge < -0.3 is 14.6 Å². The van der Waals surface area contributed by atoms with E-state index in [1.807, 2.05) is 20.2 Å². The topological polar surface area (TPSA) is 69.8 Å². The molecule has 0 atom stereocenters. The van der Waals surface area contributed by atoms with Crippen molar-refractivity contribution >= 4 is 5.95 Å². The molecule has 0 aliphatic rings. The number of imidazole rings is 1. The van der Waals surface area contributed by atoms with Crippen molar-refractivity contribution in [2.75, 3.05) is 25.1 Å². The van der Waals surface area contributed by atoms with Gasteiger partial charge in [-0.05, 0) is 13.3 Å². The van der Waals surface area contributed by atoms with Crippen molar-refractivity contribution in [3.8, 4) is 0 Å². The number of hydrogen-bond acceptors (Lipinski definition) is 5. The quantitative estimate of drug-likeness (QED) is 0.695. The number of hydrogen-bond donors (Lipinski definition) is 1. The minimum Gasteiger partial charge on any atom is -0.382 e. The van der Waals surface area contributed by atoms with Gasteiger partial charge in [-0.1, -0.05) is 0 Å². The highest BCUT2D eigenvalue weighted by atomic mass is 16.5. The third-order valence-electron chi connectivity index (χ3n) is 2.89. The molecular weight excluding hydrogens is 256 g/mol. The molecule has 0 bridgehead atoms. The molecule has 1 N–H and O–H groups in total. The highest BCUT2D eigenvalue weighted by molar-refractivity contribution is 5.25. The molecule has 2 aromatic heterocycles. The lowest BCUT2D eigenvalue weighted by atomic mass is 10.4. The van der Waals surface area contributed by atoms with E-state index in [4.69, 9.17) is 4.74 Å². The van der Waals surface area contributed by atoms with Crippen molar-refractivity contribution in [1.29, 1.82) is 0 Å². The highest BCUT2D eigenvalue weighted by Crippen LogP contribution is 2.06. The largest absolute Gasteiger partial charge is 0.382 e. The van der Waals surface area contributed by atoms with Crippen LogP contribution in [0.3, 0.4) is 0 Å². The second-order valence-electron chi connectivity index (χ2n) is 4.51. The summed E-state index contributed by atoms with van der Waals surface area (Å²) >= 11 is 0. The van der Waals surface area contributed by atoms with Gasteiger partial charge in [-0.3, -0.25) is 4.68 Å². The Balaban J connectivity index is 1.76. The van der Waals surface area contributed by atoms with Crippen LogP contribution in [-0.2, 0) is 24.8 Å². The van der Waals surface area contributed by atoms with E-state index in [1.165, 1.54) is 0 Å². The maximum absolute atomic E-state index is 5.30. The van der Waals surface area contributed by atoms with Gasteiger partial charge in [0.05, 0.1) is 0 Å². The first-order valence-corrected chi connectivity index (χ1v) is 6.97. The Bertz CT molecular complexity index is 506. The Kier molecular flexibility index (Phi) is 5.55. The molecule has 0 spiro atoms. The summed E-state index contributed by atoms with van der Waals surface area (Å²) in [6.45, 7) is 5.23. The lowest BCUT2D eigenvalue weighted by Gasteiger charge is -2.09. The molecule has 0 aliphatic heterocycles. The first-order chi connectivity index (χ1) is 9.79. The lowest BCUT2D eigenvalue weighted by molar-refractivity contribution is 0.147. The Morgan fingerprint density at radius 1 is 1.35 bits per heavy atom. The molecule has 110 valence electrons. The van der Waals surface area contributed by atoms with E-state index in [9.17, 15) is 0 Å². The molecule has 0 radical (unpaired) electrons. The summed E-state index contributed by atoms with van der Waals surface area (Å²) in [5.41, 5.74) is 0. The summed E-state index contributed by atoms with van der Waals surface area (Å²) < 4.78 is 9.10. The van der Waals surface area contributed by atoms with Gasteiger partial charge in [0.15, 0.2) is 5.82 Å². The maximum atomic E-state index is 5.30. The van der Waals surface area contributed by atoms with Crippen LogP contribution >= 0.6 is 0 Å². The van der Waals surface area contributed by atoms with Crippen LogP contribution in [0.2, 0.25) is 0 Å². The van der Waals surface area contributed by atoms with Crippen LogP contribution < -0.4 is 5.32 Å². The second-order valence-corrected chi connectivity index (χ2v) is 4.51. The zero-order valence-electron chi connectivity index (χ0n) is 12.1. The van der Waals surface area contributed by atoms with Gasteiger partial charge in [-0.25, -0.2) is 9.97 Å². The second kappa shape index (κ2) is 7.64. The van der Waals surface area contributed by atoms with Gasteiger partial charge in [-0.15, -0.1) is 0 Å². The first-order valence-electron chi connectivity index (χ1n) is 6.97. The monoisotopic (exact) mass is 278 g/mol. The smallest absolute Gasteiger partial charge is 0.202 e. The number of aromatic nitrogens is 5. The van der Waals surface area contributed by atoms with Crippen LogP contribution in [0, 0.1) is 0 Å². The van der Waals surface area contributed by atoms with Crippen molar-refractivity contribution in [3.05, 3.63) is 24.5 Å². The minimum absolute atomic E-state index is 0.770. The standard InChI is InChI=1S/C13H22N6O/c1-3-20-10-4-6-14-13-15-7-9-19(13)8-5-12-16-11-18(2)17-12/h7,9,11H,3-6,8,10H2,1-2H3,(H,14,15). The molecule has 7 nitrogen and oxygen atoms in total. The molecule has 2 aromatic rings. The van der Waals surface area contributed by atoms with Crippen molar-refractivity contribution in [2.45, 2.75) is 26.3 Å². The SMILES string of the molecule is CCOCCCNc1nccn1CCc1ncn(C)n1. The van der Waals surface area contributed by atoms with E-state index >= 15 is 0 Å². The predicted octanol–water partition coefficient (Wildman–Crippen LogP) is 1.09. The lowest BCUT2D eigenvalue weighted by Crippen LogP contribution is -2.12. The number of nitrogens with one attached hydrogen (secondary N) is 1. The van der Waals surface area contributed by atoms with Crippen LogP contribution in [0.1, 0.15) is 19.2 Å². The van der Waals surface area contributed by atoms with Gasteiger partial charge in [0, 0.05) is 52.2 Å². The Morgan fingerprint density at radius 2 is 2.25 bits per heavy atom. The summed E-state index contributed by atoms with van der Waals surface area (Å²) in [6, 6.07) is 0. The van der Waals surface area contributed by atoms with Gasteiger partial charge in [-0.2, -0.15) is 5.10 Å². The highest BCUT2D eigenvalue weighted by Gasteiger charge is 2.04. The Hall–Kier alpha value is -1.89. The average Bonchev–Trinajstić information content (AvgIpc) is 3.05. The first kappa shape index (κ1) is 14.5. The van der Waals surface area contributed by atoms with Gasteiger partial charge in [0.1, 0.15) is 6.33 Å². The van der Waals surface area contributed by atoms with Gasteiger partial charge >= 0.3 is 0 Å². The fourth-order valence-corrected chi connectivity index (χ4v) is 1.89. The van der Waals surface area contributed by atoms with E-state index < -0.39 is 0 Å². The van der Waals surface area contributed by atoms with E-state index in [2.05, 4.69) is 25.0 Å². The normalized spacial score (nSPS) is 10.9. The third kappa shape index (κ3) is 4.34. The van der Waals surface area contributed by atoms with Crippen LogP contribution in [0.15, 0.2) is 18.7 Å². The Labute approximate surface area is 119 Å². The van der Waals surface area contributed by atoms with Crippen molar-refractivity contribution in [1.82, 2.24) is 24.3 Å². The molecule has 0 amide bonds. The number of nitrogens with zero attached hydrogens (tertiary/aromatic N) is 5. The summed E-state index contributed by atoms with van der Waals surface area (Å²) in [6.07, 6.45) is 7.26. The van der Waals surface area contributed by atoms with Gasteiger partial charge in [0.2, 0.25) is 5.95 Å². The van der Waals surface area contributed by atoms with E-state index in [0.29, 0.717) is 0 Å².